The molecule has 1 unspecified atom stereocenters. The Hall–Kier alpha value is -4.93. The van der Waals surface area contributed by atoms with E-state index in [9.17, 15) is 4.79 Å². The summed E-state index contributed by atoms with van der Waals surface area (Å²) in [5.41, 5.74) is 6.84. The number of amides is 2. The zero-order chi connectivity index (χ0) is 33.6. The third kappa shape index (κ3) is 5.39. The van der Waals surface area contributed by atoms with Crippen molar-refractivity contribution in [3.8, 4) is 5.88 Å². The zero-order valence-electron chi connectivity index (χ0n) is 27.6. The standard InChI is InChI=1S/C39H39N5O4S/c1-26-21-28-22-27-13-12-20-33(27)36(35(26)28)41-38(45)42-49(46,34-23-40-44-24-32(25-47-2)48-37(34)44)43-39(29-14-6-3-7-15-29,30-16-8-4-9-17-30)31-18-10-5-11-19-31/h3-11,14-19,22-23,26,32H,12-13,20-21,24-25H2,1-2H3,(H2,41,42,43,45,46)/t26-,32+,49?/m0/s1. The molecule has 3 atom stereocenters. The van der Waals surface area contributed by atoms with Crippen molar-refractivity contribution in [3.05, 3.63) is 142 Å². The molecule has 3 aliphatic rings. The number of urea groups is 1. The van der Waals surface area contributed by atoms with Crippen LogP contribution in [0, 0.1) is 0 Å². The number of nitrogens with one attached hydrogen (secondary N) is 2. The molecule has 0 radical (unpaired) electrons. The molecule has 9 nitrogen and oxygen atoms in total. The molecule has 0 fully saturated rings. The Morgan fingerprint density at radius 2 is 1.61 bits per heavy atom. The quantitative estimate of drug-likeness (QED) is 0.164. The minimum Gasteiger partial charge on any atom is -0.469 e. The maximum absolute atomic E-state index is 16.0. The smallest absolute Gasteiger partial charge is 0.331 e. The lowest BCUT2D eigenvalue weighted by Gasteiger charge is -2.33. The van der Waals surface area contributed by atoms with Crippen LogP contribution in [0.25, 0.3) is 0 Å². The first-order chi connectivity index (χ1) is 23.9. The van der Waals surface area contributed by atoms with Gasteiger partial charge in [0.2, 0.25) is 5.88 Å². The summed E-state index contributed by atoms with van der Waals surface area (Å²) < 4.78 is 37.5. The molecule has 0 saturated heterocycles. The molecule has 4 aromatic carbocycles. The third-order valence-electron chi connectivity index (χ3n) is 9.92. The second kappa shape index (κ2) is 12.5. The molecule has 2 amide bonds. The van der Waals surface area contributed by atoms with E-state index in [1.807, 2.05) is 91.0 Å². The molecule has 0 saturated carbocycles. The first-order valence-corrected chi connectivity index (χ1v) is 18.3. The van der Waals surface area contributed by atoms with Crippen molar-refractivity contribution >= 4 is 21.6 Å². The van der Waals surface area contributed by atoms with Crippen LogP contribution in [0.3, 0.4) is 0 Å². The molecule has 2 N–H and O–H groups in total. The van der Waals surface area contributed by atoms with Crippen LogP contribution in [0.2, 0.25) is 0 Å². The lowest BCUT2D eigenvalue weighted by Crippen LogP contribution is -2.38. The second-order valence-electron chi connectivity index (χ2n) is 13.1. The number of aryl methyl sites for hydroxylation is 1. The van der Waals surface area contributed by atoms with E-state index in [2.05, 4.69) is 28.1 Å². The second-order valence-corrected chi connectivity index (χ2v) is 15.0. The number of ether oxygens (including phenoxy) is 2. The largest absolute Gasteiger partial charge is 0.469 e. The molecule has 5 aromatic rings. The fourth-order valence-electron chi connectivity index (χ4n) is 7.74. The van der Waals surface area contributed by atoms with Gasteiger partial charge in [-0.15, -0.1) is 0 Å². The highest BCUT2D eigenvalue weighted by atomic mass is 32.2. The van der Waals surface area contributed by atoms with Crippen molar-refractivity contribution in [1.82, 2.24) is 14.5 Å². The number of hydrogen-bond donors (Lipinski definition) is 2. The zero-order valence-corrected chi connectivity index (χ0v) is 28.4. The molecular weight excluding hydrogens is 635 g/mol. The number of aromatic nitrogens is 2. The molecular formula is C39H39N5O4S. The first kappa shape index (κ1) is 31.3. The van der Waals surface area contributed by atoms with Gasteiger partial charge in [-0.2, -0.15) is 9.46 Å². The van der Waals surface area contributed by atoms with Crippen molar-refractivity contribution in [2.24, 2.45) is 4.36 Å². The Labute approximate surface area is 287 Å². The fraction of sp³-hybridized carbons (Fsp3) is 0.282. The van der Waals surface area contributed by atoms with Crippen LogP contribution in [0.15, 0.2) is 113 Å². The Balaban J connectivity index is 1.33. The predicted octanol–water partition coefficient (Wildman–Crippen LogP) is 6.99. The van der Waals surface area contributed by atoms with Gasteiger partial charge < -0.3 is 14.8 Å². The van der Waals surface area contributed by atoms with E-state index in [0.29, 0.717) is 24.9 Å². The average Bonchev–Trinajstić information content (AvgIpc) is 3.85. The normalized spacial score (nSPS) is 18.7. The molecule has 49 heavy (non-hydrogen) atoms. The maximum Gasteiger partial charge on any atom is 0.331 e. The average molecular weight is 674 g/mol. The molecule has 250 valence electrons. The van der Waals surface area contributed by atoms with Gasteiger partial charge in [-0.25, -0.2) is 18.4 Å². The van der Waals surface area contributed by atoms with Gasteiger partial charge in [-0.1, -0.05) is 104 Å². The number of rotatable bonds is 9. The van der Waals surface area contributed by atoms with Crippen LogP contribution < -0.4 is 14.8 Å². The lowest BCUT2D eigenvalue weighted by molar-refractivity contribution is 0.0920. The van der Waals surface area contributed by atoms with Crippen LogP contribution in [-0.4, -0.2) is 39.8 Å². The van der Waals surface area contributed by atoms with Gasteiger partial charge in [0.1, 0.15) is 16.5 Å². The topological polar surface area (TPSA) is 107 Å². The minimum absolute atomic E-state index is 0.202. The summed E-state index contributed by atoms with van der Waals surface area (Å²) in [5, 5.41) is 7.73. The number of fused-ring (bicyclic) bond motifs is 3. The van der Waals surface area contributed by atoms with E-state index >= 15 is 4.21 Å². The highest BCUT2D eigenvalue weighted by Crippen LogP contribution is 2.46. The first-order valence-electron chi connectivity index (χ1n) is 16.8. The predicted molar refractivity (Wildman–Crippen MR) is 189 cm³/mol. The fourth-order valence-corrected chi connectivity index (χ4v) is 9.57. The summed E-state index contributed by atoms with van der Waals surface area (Å²) >= 11 is 0. The van der Waals surface area contributed by atoms with E-state index in [0.717, 1.165) is 48.1 Å². The van der Waals surface area contributed by atoms with Gasteiger partial charge in [-0.3, -0.25) is 0 Å². The third-order valence-corrected chi connectivity index (χ3v) is 11.8. The minimum atomic E-state index is -3.83. The number of carbonyl (C=O) groups excluding carboxylic acids is 1. The van der Waals surface area contributed by atoms with Crippen molar-refractivity contribution < 1.29 is 18.5 Å². The molecule has 2 heterocycles. The van der Waals surface area contributed by atoms with Gasteiger partial charge in [0.25, 0.3) is 0 Å². The number of anilines is 1. The van der Waals surface area contributed by atoms with E-state index < -0.39 is 21.5 Å². The van der Waals surface area contributed by atoms with Gasteiger partial charge in [0, 0.05) is 12.8 Å². The molecule has 1 aromatic heterocycles. The number of methoxy groups -OCH3 is 1. The summed E-state index contributed by atoms with van der Waals surface area (Å²) in [5.74, 6) is 0.634. The summed E-state index contributed by atoms with van der Waals surface area (Å²) in [6.07, 6.45) is 5.11. The van der Waals surface area contributed by atoms with Crippen LogP contribution in [0.4, 0.5) is 10.5 Å². The van der Waals surface area contributed by atoms with Crippen molar-refractivity contribution in [2.45, 2.75) is 61.6 Å². The van der Waals surface area contributed by atoms with Crippen molar-refractivity contribution in [1.29, 1.82) is 0 Å². The van der Waals surface area contributed by atoms with Gasteiger partial charge >= 0.3 is 6.03 Å². The molecule has 10 heteroatoms. The lowest BCUT2D eigenvalue weighted by atomic mass is 9.75. The highest BCUT2D eigenvalue weighted by molar-refractivity contribution is 7.92. The van der Waals surface area contributed by atoms with E-state index in [1.165, 1.54) is 28.5 Å². The molecule has 8 rings (SSSR count). The van der Waals surface area contributed by atoms with Crippen molar-refractivity contribution in [3.63, 3.8) is 0 Å². The van der Waals surface area contributed by atoms with Crippen LogP contribution in [0.5, 0.6) is 5.88 Å². The molecule has 2 aliphatic carbocycles. The van der Waals surface area contributed by atoms with E-state index in [4.69, 9.17) is 13.8 Å². The number of nitrogens with zero attached hydrogens (tertiary/aromatic N) is 3. The molecule has 0 bridgehead atoms. The Bertz CT molecular complexity index is 2040. The Kier molecular flexibility index (Phi) is 8.00. The summed E-state index contributed by atoms with van der Waals surface area (Å²) in [6, 6.07) is 31.1. The SMILES string of the molecule is COC[C@H]1Cn2ncc(S(=O)(=NC(c3ccccc3)(c3ccccc3)c3ccccc3)NC(=O)Nc3c4c(cc5c3[C@@H](C)C5)CCC4)c2O1. The van der Waals surface area contributed by atoms with Crippen LogP contribution >= 0.6 is 0 Å². The highest BCUT2D eigenvalue weighted by Gasteiger charge is 2.41. The number of carbonyl (C=O) groups is 1. The van der Waals surface area contributed by atoms with Crippen molar-refractivity contribution in [2.75, 3.05) is 19.0 Å². The van der Waals surface area contributed by atoms with Gasteiger partial charge in [0.15, 0.2) is 9.92 Å². The summed E-state index contributed by atoms with van der Waals surface area (Å²) in [6.45, 7) is 2.94. The molecule has 0 spiro atoms. The van der Waals surface area contributed by atoms with Gasteiger partial charge in [0.05, 0.1) is 19.3 Å². The summed E-state index contributed by atoms with van der Waals surface area (Å²) in [4.78, 5) is 14.5. The Morgan fingerprint density at radius 1 is 0.980 bits per heavy atom. The summed E-state index contributed by atoms with van der Waals surface area (Å²) in [7, 11) is -2.22. The number of hydrogen-bond acceptors (Lipinski definition) is 6. The van der Waals surface area contributed by atoms with Gasteiger partial charge in [-0.05, 0) is 70.5 Å². The number of benzene rings is 4. The van der Waals surface area contributed by atoms with Crippen LogP contribution in [-0.2, 0) is 46.0 Å². The monoisotopic (exact) mass is 673 g/mol. The van der Waals surface area contributed by atoms with E-state index in [1.54, 1.807) is 11.8 Å². The van der Waals surface area contributed by atoms with E-state index in [-0.39, 0.29) is 11.0 Å². The maximum atomic E-state index is 16.0. The van der Waals surface area contributed by atoms with Crippen LogP contribution in [0.1, 0.15) is 58.2 Å². The molecule has 1 aliphatic heterocycles. The Morgan fingerprint density at radius 3 is 2.20 bits per heavy atom.